The van der Waals surface area contributed by atoms with Gasteiger partial charge in [-0.3, -0.25) is 9.59 Å². The molecule has 0 bridgehead atoms. The molecule has 0 radical (unpaired) electrons. The molecular formula is C35H44ClN5O6S. The minimum atomic E-state index is -0.779. The zero-order valence-electron chi connectivity index (χ0n) is 27.1. The second-order valence-corrected chi connectivity index (χ2v) is 14.7. The number of carbonyl (C=O) groups is 3. The predicted octanol–water partition coefficient (Wildman–Crippen LogP) is 5.95. The first-order chi connectivity index (χ1) is 23.3. The van der Waals surface area contributed by atoms with Crippen molar-refractivity contribution < 1.29 is 23.5 Å². The van der Waals surface area contributed by atoms with Gasteiger partial charge in [0.2, 0.25) is 11.8 Å². The van der Waals surface area contributed by atoms with Crippen molar-refractivity contribution in [3.05, 3.63) is 68.1 Å². The molecule has 3 heterocycles. The third-order valence-electron chi connectivity index (χ3n) is 10.1. The second kappa shape index (κ2) is 16.3. The van der Waals surface area contributed by atoms with Crippen molar-refractivity contribution in [3.63, 3.8) is 0 Å². The van der Waals surface area contributed by atoms with Crippen LogP contribution in [0.4, 0.5) is 4.79 Å². The fraction of sp³-hybridized carbons (Fsp3) is 0.571. The second-order valence-electron chi connectivity index (χ2n) is 13.3. The van der Waals surface area contributed by atoms with Crippen LogP contribution in [0.25, 0.3) is 0 Å². The van der Waals surface area contributed by atoms with Gasteiger partial charge in [0.05, 0.1) is 17.6 Å². The number of rotatable bonds is 11. The van der Waals surface area contributed by atoms with Gasteiger partial charge in [0.1, 0.15) is 6.04 Å². The Balaban J connectivity index is 1.17. The third kappa shape index (κ3) is 8.75. The van der Waals surface area contributed by atoms with Crippen molar-refractivity contribution in [1.82, 2.24) is 25.3 Å². The number of Topliss-reactive ketones (excluding diaryl/α,β-unsaturated/α-hetero) is 1. The number of halogens is 1. The van der Waals surface area contributed by atoms with E-state index in [0.717, 1.165) is 49.8 Å². The van der Waals surface area contributed by atoms with E-state index in [4.69, 9.17) is 20.8 Å². The molecule has 1 saturated heterocycles. The first-order valence-corrected chi connectivity index (χ1v) is 18.5. The lowest BCUT2D eigenvalue weighted by molar-refractivity contribution is -0.145. The molecule has 48 heavy (non-hydrogen) atoms. The van der Waals surface area contributed by atoms with E-state index in [-0.39, 0.29) is 55.5 Å². The number of H-pyrrole nitrogens is 1. The Morgan fingerprint density at radius 2 is 1.83 bits per heavy atom. The number of amides is 2. The van der Waals surface area contributed by atoms with Crippen LogP contribution >= 0.6 is 22.9 Å². The van der Waals surface area contributed by atoms with Crippen LogP contribution in [0.15, 0.2) is 51.0 Å². The molecule has 6 rings (SSSR count). The highest BCUT2D eigenvalue weighted by Gasteiger charge is 2.41. The Labute approximate surface area is 289 Å². The van der Waals surface area contributed by atoms with Crippen molar-refractivity contribution in [2.24, 2.45) is 5.92 Å². The maximum atomic E-state index is 14.6. The van der Waals surface area contributed by atoms with Gasteiger partial charge in [0.25, 0.3) is 0 Å². The van der Waals surface area contributed by atoms with Gasteiger partial charge < -0.3 is 24.3 Å². The van der Waals surface area contributed by atoms with E-state index in [1.165, 1.54) is 24.2 Å². The fourth-order valence-electron chi connectivity index (χ4n) is 7.45. The highest BCUT2D eigenvalue weighted by Crippen LogP contribution is 2.33. The van der Waals surface area contributed by atoms with E-state index in [1.54, 1.807) is 40.5 Å². The highest BCUT2D eigenvalue weighted by molar-refractivity contribution is 7.09. The van der Waals surface area contributed by atoms with E-state index in [2.05, 4.69) is 15.5 Å². The minimum Gasteiger partial charge on any atom is -0.409 e. The number of benzene rings is 1. The van der Waals surface area contributed by atoms with Crippen LogP contribution in [0.3, 0.4) is 0 Å². The summed E-state index contributed by atoms with van der Waals surface area (Å²) in [4.78, 5) is 57.6. The number of para-hydroxylation sites is 1. The molecule has 2 aliphatic carbocycles. The maximum Gasteiger partial charge on any atom is 0.434 e. The van der Waals surface area contributed by atoms with Gasteiger partial charge in [-0.1, -0.05) is 61.9 Å². The summed E-state index contributed by atoms with van der Waals surface area (Å²) in [5.74, 6) is 0.527. The summed E-state index contributed by atoms with van der Waals surface area (Å²) < 4.78 is 10.8. The fourth-order valence-corrected chi connectivity index (χ4v) is 8.33. The molecule has 2 N–H and O–H groups in total. The summed E-state index contributed by atoms with van der Waals surface area (Å²) in [6, 6.07) is 9.65. The van der Waals surface area contributed by atoms with E-state index >= 15 is 0 Å². The molecular weight excluding hydrogens is 654 g/mol. The average molecular weight is 698 g/mol. The first-order valence-electron chi connectivity index (χ1n) is 17.2. The first kappa shape index (κ1) is 34.4. The minimum absolute atomic E-state index is 0.0639. The van der Waals surface area contributed by atoms with E-state index in [9.17, 15) is 19.2 Å². The number of ether oxygens (including phenoxy) is 1. The van der Waals surface area contributed by atoms with Gasteiger partial charge in [-0.05, 0) is 68.0 Å². The van der Waals surface area contributed by atoms with Crippen LogP contribution in [0.5, 0.6) is 5.75 Å². The summed E-state index contributed by atoms with van der Waals surface area (Å²) in [6.45, 7) is 0.550. The zero-order chi connectivity index (χ0) is 33.5. The van der Waals surface area contributed by atoms with Crippen LogP contribution in [-0.2, 0) is 16.0 Å². The molecule has 2 atom stereocenters. The lowest BCUT2D eigenvalue weighted by atomic mass is 9.82. The molecule has 3 aromatic rings. The number of aryl methyl sites for hydroxylation is 1. The lowest BCUT2D eigenvalue weighted by Crippen LogP contribution is -2.63. The number of hydrogen-bond acceptors (Lipinski definition) is 9. The largest absolute Gasteiger partial charge is 0.434 e. The Morgan fingerprint density at radius 3 is 2.54 bits per heavy atom. The Morgan fingerprint density at radius 1 is 1.04 bits per heavy atom. The Hall–Kier alpha value is -3.48. The molecule has 1 aromatic carbocycles. The van der Waals surface area contributed by atoms with Gasteiger partial charge in [-0.2, -0.15) is 0 Å². The van der Waals surface area contributed by atoms with Gasteiger partial charge >= 0.3 is 11.8 Å². The summed E-state index contributed by atoms with van der Waals surface area (Å²) in [7, 11) is 0. The average Bonchev–Trinajstić information content (AvgIpc) is 3.80. The number of thiophene rings is 1. The quantitative estimate of drug-likeness (QED) is 0.251. The monoisotopic (exact) mass is 697 g/mol. The van der Waals surface area contributed by atoms with Crippen LogP contribution in [-0.4, -0.2) is 75.5 Å². The third-order valence-corrected chi connectivity index (χ3v) is 11.3. The van der Waals surface area contributed by atoms with Crippen molar-refractivity contribution >= 4 is 40.7 Å². The lowest BCUT2D eigenvalue weighted by Gasteiger charge is -2.42. The SMILES string of the molecule is O=C(CCc1cccs1)[C@@H]1CN(C(=O)Oc2ccccc2Cl)CCN1C(=O)[C@@H](CC1CCCCC1)NC1CCC(c2n[nH]c(=O)o2)CC1. The molecule has 0 spiro atoms. The number of ketones is 1. The van der Waals surface area contributed by atoms with Crippen molar-refractivity contribution in [3.8, 4) is 5.75 Å². The highest BCUT2D eigenvalue weighted by atomic mass is 35.5. The molecule has 2 saturated carbocycles. The topological polar surface area (TPSA) is 138 Å². The molecule has 3 aliphatic rings. The van der Waals surface area contributed by atoms with Gasteiger partial charge in [-0.15, -0.1) is 16.4 Å². The zero-order valence-corrected chi connectivity index (χ0v) is 28.7. The van der Waals surface area contributed by atoms with Crippen molar-refractivity contribution in [2.45, 2.75) is 101 Å². The number of nitrogens with zero attached hydrogens (tertiary/aromatic N) is 3. The van der Waals surface area contributed by atoms with Crippen LogP contribution in [0.1, 0.15) is 87.3 Å². The Kier molecular flexibility index (Phi) is 11.7. The molecule has 2 amide bonds. The van der Waals surface area contributed by atoms with Crippen LogP contribution in [0, 0.1) is 5.92 Å². The molecule has 0 unspecified atom stereocenters. The Bertz CT molecular complexity index is 1580. The molecule has 258 valence electrons. The van der Waals surface area contributed by atoms with Gasteiger partial charge in [0, 0.05) is 36.3 Å². The van der Waals surface area contributed by atoms with Gasteiger partial charge in [0.15, 0.2) is 11.5 Å². The molecule has 1 aliphatic heterocycles. The number of piperazine rings is 1. The summed E-state index contributed by atoms with van der Waals surface area (Å²) in [5.41, 5.74) is 0. The summed E-state index contributed by atoms with van der Waals surface area (Å²) in [6.07, 6.45) is 9.98. The van der Waals surface area contributed by atoms with Crippen molar-refractivity contribution in [1.29, 1.82) is 0 Å². The number of nitrogens with one attached hydrogen (secondary N) is 2. The van der Waals surface area contributed by atoms with Gasteiger partial charge in [-0.25, -0.2) is 14.7 Å². The number of aromatic amines is 1. The summed E-state index contributed by atoms with van der Waals surface area (Å²) >= 11 is 7.85. The van der Waals surface area contributed by atoms with Crippen LogP contribution < -0.4 is 15.8 Å². The van der Waals surface area contributed by atoms with Crippen LogP contribution in [0.2, 0.25) is 5.02 Å². The molecule has 2 aromatic heterocycles. The van der Waals surface area contributed by atoms with Crippen molar-refractivity contribution in [2.75, 3.05) is 19.6 Å². The summed E-state index contributed by atoms with van der Waals surface area (Å²) in [5, 5.41) is 12.4. The number of hydrogen-bond donors (Lipinski definition) is 2. The standard InChI is InChI=1S/C35H44ClN5O6S/c36-27-10-4-5-11-31(27)46-35(45)40-18-19-41(29(22-40)30(42)17-16-26-9-6-20-48-26)33(43)28(21-23-7-2-1-3-8-23)37-25-14-12-24(13-15-25)32-38-39-34(44)47-32/h4-6,9-11,20,23-25,28-29,37H,1-3,7-8,12-19,21-22H2,(H,39,44)/t24?,25?,28-,29+/m1/s1. The number of aromatic nitrogens is 2. The number of carbonyl (C=O) groups excluding carboxylic acids is 3. The molecule has 11 nitrogen and oxygen atoms in total. The van der Waals surface area contributed by atoms with E-state index in [1.807, 2.05) is 17.5 Å². The molecule has 13 heteroatoms. The predicted molar refractivity (Wildman–Crippen MR) is 182 cm³/mol. The van der Waals surface area contributed by atoms with E-state index < -0.39 is 23.9 Å². The molecule has 3 fully saturated rings. The smallest absolute Gasteiger partial charge is 0.409 e. The van der Waals surface area contributed by atoms with E-state index in [0.29, 0.717) is 23.3 Å². The maximum absolute atomic E-state index is 14.6. The normalized spacial score (nSPS) is 22.7.